The first-order valence-corrected chi connectivity index (χ1v) is 6.30. The highest BCUT2D eigenvalue weighted by Crippen LogP contribution is 2.36. The summed E-state index contributed by atoms with van der Waals surface area (Å²) in [6.45, 7) is 0.000269. The average Bonchev–Trinajstić information content (AvgIpc) is 3.09. The van der Waals surface area contributed by atoms with Gasteiger partial charge in [-0.2, -0.15) is 0 Å². The fourth-order valence-electron chi connectivity index (χ4n) is 1.45. The van der Waals surface area contributed by atoms with Crippen LogP contribution in [-0.2, 0) is 4.79 Å². The molecule has 0 unspecified atom stereocenters. The van der Waals surface area contributed by atoms with Crippen LogP contribution in [-0.4, -0.2) is 23.9 Å². The molecule has 92 valence electrons. The van der Waals surface area contributed by atoms with Gasteiger partial charge in [-0.15, -0.1) is 11.6 Å². The van der Waals surface area contributed by atoms with E-state index in [1.54, 1.807) is 24.3 Å². The molecule has 1 saturated carbocycles. The van der Waals surface area contributed by atoms with E-state index in [4.69, 9.17) is 27.9 Å². The zero-order chi connectivity index (χ0) is 12.3. The lowest BCUT2D eigenvalue weighted by molar-refractivity contribution is -0.123. The van der Waals surface area contributed by atoms with Gasteiger partial charge in [0.25, 0.3) is 5.91 Å². The number of halogens is 2. The Bertz CT molecular complexity index is 401. The van der Waals surface area contributed by atoms with Gasteiger partial charge in [0.05, 0.1) is 5.54 Å². The van der Waals surface area contributed by atoms with Gasteiger partial charge in [0.2, 0.25) is 0 Å². The molecule has 1 aromatic rings. The number of rotatable bonds is 5. The summed E-state index contributed by atoms with van der Waals surface area (Å²) >= 11 is 11.5. The molecule has 1 amide bonds. The molecule has 17 heavy (non-hydrogen) atoms. The number of hydrogen-bond acceptors (Lipinski definition) is 2. The van der Waals surface area contributed by atoms with Crippen LogP contribution in [0.5, 0.6) is 5.75 Å². The first kappa shape index (κ1) is 12.5. The fourth-order valence-corrected chi connectivity index (χ4v) is 1.91. The molecule has 0 radical (unpaired) electrons. The molecular weight excluding hydrogens is 261 g/mol. The molecule has 1 aromatic carbocycles. The minimum absolute atomic E-state index is 0.000269. The Morgan fingerprint density at radius 2 is 2.00 bits per heavy atom. The summed E-state index contributed by atoms with van der Waals surface area (Å²) < 4.78 is 5.33. The zero-order valence-corrected chi connectivity index (χ0v) is 10.7. The third-order valence-corrected chi connectivity index (χ3v) is 3.46. The minimum Gasteiger partial charge on any atom is -0.484 e. The third-order valence-electron chi connectivity index (χ3n) is 2.70. The molecule has 0 aliphatic heterocycles. The second-order valence-corrected chi connectivity index (χ2v) is 4.91. The maximum atomic E-state index is 11.6. The van der Waals surface area contributed by atoms with Crippen LogP contribution in [0.15, 0.2) is 24.3 Å². The lowest BCUT2D eigenvalue weighted by Gasteiger charge is -2.14. The number of amides is 1. The first-order valence-electron chi connectivity index (χ1n) is 5.39. The van der Waals surface area contributed by atoms with Crippen molar-refractivity contribution in [2.75, 3.05) is 12.5 Å². The number of carbonyl (C=O) groups excluding carboxylic acids is 1. The van der Waals surface area contributed by atoms with E-state index in [9.17, 15) is 4.79 Å². The van der Waals surface area contributed by atoms with Crippen molar-refractivity contribution in [1.29, 1.82) is 0 Å². The van der Waals surface area contributed by atoms with E-state index in [1.165, 1.54) is 0 Å². The van der Waals surface area contributed by atoms with Crippen molar-refractivity contribution in [3.8, 4) is 5.75 Å². The van der Waals surface area contributed by atoms with Gasteiger partial charge in [-0.3, -0.25) is 4.79 Å². The third kappa shape index (κ3) is 3.51. The number of carbonyl (C=O) groups is 1. The van der Waals surface area contributed by atoms with Crippen LogP contribution in [0, 0.1) is 0 Å². The summed E-state index contributed by atoms with van der Waals surface area (Å²) in [5.41, 5.74) is -0.179. The van der Waals surface area contributed by atoms with Crippen LogP contribution in [0.25, 0.3) is 0 Å². The fraction of sp³-hybridized carbons (Fsp3) is 0.417. The van der Waals surface area contributed by atoms with E-state index >= 15 is 0 Å². The maximum Gasteiger partial charge on any atom is 0.258 e. The van der Waals surface area contributed by atoms with Gasteiger partial charge in [-0.05, 0) is 37.1 Å². The number of hydrogen-bond donors (Lipinski definition) is 1. The van der Waals surface area contributed by atoms with E-state index in [1.807, 2.05) is 0 Å². The normalized spacial score (nSPS) is 16.4. The van der Waals surface area contributed by atoms with E-state index in [-0.39, 0.29) is 18.1 Å². The Balaban J connectivity index is 1.78. The summed E-state index contributed by atoms with van der Waals surface area (Å²) in [4.78, 5) is 11.6. The topological polar surface area (TPSA) is 38.3 Å². The van der Waals surface area contributed by atoms with Crippen molar-refractivity contribution in [2.45, 2.75) is 18.4 Å². The molecule has 0 saturated heterocycles. The Hall–Kier alpha value is -0.930. The molecule has 5 heteroatoms. The minimum atomic E-state index is -0.179. The van der Waals surface area contributed by atoms with E-state index < -0.39 is 0 Å². The molecule has 0 bridgehead atoms. The van der Waals surface area contributed by atoms with Crippen molar-refractivity contribution in [3.05, 3.63) is 29.3 Å². The van der Waals surface area contributed by atoms with Crippen molar-refractivity contribution >= 4 is 29.1 Å². The predicted molar refractivity (Wildman–Crippen MR) is 67.8 cm³/mol. The van der Waals surface area contributed by atoms with Gasteiger partial charge < -0.3 is 10.1 Å². The molecule has 1 aliphatic carbocycles. The van der Waals surface area contributed by atoms with Gasteiger partial charge in [0.15, 0.2) is 6.61 Å². The molecule has 1 aliphatic rings. The van der Waals surface area contributed by atoms with Gasteiger partial charge in [-0.25, -0.2) is 0 Å². The van der Waals surface area contributed by atoms with Gasteiger partial charge >= 0.3 is 0 Å². The Kier molecular flexibility index (Phi) is 3.79. The van der Waals surface area contributed by atoms with Crippen LogP contribution in [0.4, 0.5) is 0 Å². The number of ether oxygens (including phenoxy) is 1. The summed E-state index contributed by atoms with van der Waals surface area (Å²) in [7, 11) is 0. The monoisotopic (exact) mass is 273 g/mol. The molecule has 1 fully saturated rings. The zero-order valence-electron chi connectivity index (χ0n) is 9.21. The predicted octanol–water partition coefficient (Wildman–Crippen LogP) is 2.61. The standard InChI is InChI=1S/C12H13Cl2NO2/c13-8-12(5-6-12)15-11(16)7-17-10-3-1-9(14)2-4-10/h1-4H,5-8H2,(H,15,16). The van der Waals surface area contributed by atoms with Crippen LogP contribution >= 0.6 is 23.2 Å². The molecule has 3 nitrogen and oxygen atoms in total. The van der Waals surface area contributed by atoms with E-state index in [2.05, 4.69) is 5.32 Å². The molecular formula is C12H13Cl2NO2. The lowest BCUT2D eigenvalue weighted by atomic mass is 10.3. The molecule has 0 aromatic heterocycles. The van der Waals surface area contributed by atoms with Crippen molar-refractivity contribution in [3.63, 3.8) is 0 Å². The molecule has 0 spiro atoms. The summed E-state index contributed by atoms with van der Waals surface area (Å²) in [5.74, 6) is 0.943. The Morgan fingerprint density at radius 1 is 1.35 bits per heavy atom. The first-order chi connectivity index (χ1) is 8.13. The van der Waals surface area contributed by atoms with Gasteiger partial charge in [0.1, 0.15) is 5.75 Å². The quantitative estimate of drug-likeness (QED) is 0.838. The average molecular weight is 274 g/mol. The Labute approximate surface area is 110 Å². The molecule has 0 heterocycles. The van der Waals surface area contributed by atoms with Crippen LogP contribution in [0.3, 0.4) is 0 Å². The molecule has 0 atom stereocenters. The summed E-state index contributed by atoms with van der Waals surface area (Å²) in [6, 6.07) is 6.89. The second kappa shape index (κ2) is 5.15. The van der Waals surface area contributed by atoms with Gasteiger partial charge in [0, 0.05) is 10.9 Å². The highest BCUT2D eigenvalue weighted by atomic mass is 35.5. The smallest absolute Gasteiger partial charge is 0.258 e. The van der Waals surface area contributed by atoms with Crippen LogP contribution < -0.4 is 10.1 Å². The Morgan fingerprint density at radius 3 is 2.53 bits per heavy atom. The maximum absolute atomic E-state index is 11.6. The lowest BCUT2D eigenvalue weighted by Crippen LogP contribution is -2.40. The number of nitrogens with one attached hydrogen (secondary N) is 1. The van der Waals surface area contributed by atoms with Crippen LogP contribution in [0.2, 0.25) is 5.02 Å². The summed E-state index contributed by atoms with van der Waals surface area (Å²) in [6.07, 6.45) is 1.90. The van der Waals surface area contributed by atoms with Crippen molar-refractivity contribution < 1.29 is 9.53 Å². The second-order valence-electron chi connectivity index (χ2n) is 4.20. The number of alkyl halides is 1. The largest absolute Gasteiger partial charge is 0.484 e. The summed E-state index contributed by atoms with van der Waals surface area (Å²) in [5, 5.41) is 3.52. The molecule has 1 N–H and O–H groups in total. The molecule has 2 rings (SSSR count). The highest BCUT2D eigenvalue weighted by molar-refractivity contribution is 6.30. The van der Waals surface area contributed by atoms with E-state index in [0.29, 0.717) is 16.7 Å². The van der Waals surface area contributed by atoms with Crippen LogP contribution in [0.1, 0.15) is 12.8 Å². The van der Waals surface area contributed by atoms with Crippen molar-refractivity contribution in [1.82, 2.24) is 5.32 Å². The van der Waals surface area contributed by atoms with E-state index in [0.717, 1.165) is 12.8 Å². The number of benzene rings is 1. The van der Waals surface area contributed by atoms with Gasteiger partial charge in [-0.1, -0.05) is 11.6 Å². The SMILES string of the molecule is O=C(COc1ccc(Cl)cc1)NC1(CCl)CC1. The van der Waals surface area contributed by atoms with Crippen molar-refractivity contribution in [2.24, 2.45) is 0 Å². The highest BCUT2D eigenvalue weighted by Gasteiger charge is 2.43.